The lowest BCUT2D eigenvalue weighted by atomic mass is 10.1. The van der Waals surface area contributed by atoms with E-state index in [-0.39, 0.29) is 17.5 Å². The van der Waals surface area contributed by atoms with Gasteiger partial charge in [0.2, 0.25) is 0 Å². The van der Waals surface area contributed by atoms with Crippen molar-refractivity contribution in [3.63, 3.8) is 0 Å². The fourth-order valence-corrected chi connectivity index (χ4v) is 3.76. The molecule has 4 rings (SSSR count). The number of aryl methyl sites for hydroxylation is 2. The van der Waals surface area contributed by atoms with Crippen LogP contribution in [0.2, 0.25) is 0 Å². The molecule has 0 saturated heterocycles. The summed E-state index contributed by atoms with van der Waals surface area (Å²) < 4.78 is 6.33. The summed E-state index contributed by atoms with van der Waals surface area (Å²) in [6, 6.07) is 17.0. The van der Waals surface area contributed by atoms with E-state index in [1.165, 1.54) is 15.8 Å². The third kappa shape index (κ3) is 4.89. The van der Waals surface area contributed by atoms with Gasteiger partial charge >= 0.3 is 5.88 Å². The standard InChI is InChI=1S/C22H19N5O3S/c1-15-7-6-8-16(11-15)12-18-21(29)27(17-9-4-3-5-10-17)22(23-18)31-14-19(28)24-20-13-26(2)25-30-20/h3-13H,14H2,1-2H3/b18-12+. The van der Waals surface area contributed by atoms with Crippen LogP contribution in [0.4, 0.5) is 11.6 Å². The Kier molecular flexibility index (Phi) is 5.94. The van der Waals surface area contributed by atoms with Gasteiger partial charge in [-0.15, -0.1) is 0 Å². The molecule has 0 radical (unpaired) electrons. The molecule has 2 aromatic carbocycles. The van der Waals surface area contributed by atoms with Crippen molar-refractivity contribution >= 4 is 46.4 Å². The van der Waals surface area contributed by atoms with Gasteiger partial charge in [-0.2, -0.15) is 0 Å². The number of benzene rings is 2. The Hall–Kier alpha value is -3.72. The third-order valence-electron chi connectivity index (χ3n) is 4.31. The molecule has 1 aromatic heterocycles. The highest BCUT2D eigenvalue weighted by molar-refractivity contribution is 8.14. The number of carbonyl (C=O) groups is 1. The second-order valence-corrected chi connectivity index (χ2v) is 7.76. The van der Waals surface area contributed by atoms with E-state index in [4.69, 9.17) is 4.52 Å². The van der Waals surface area contributed by atoms with E-state index in [1.54, 1.807) is 13.1 Å². The second kappa shape index (κ2) is 8.97. The minimum Gasteiger partial charge on any atom is -0.861 e. The van der Waals surface area contributed by atoms with Crippen LogP contribution < -0.4 is 14.7 Å². The number of para-hydroxylation sites is 1. The van der Waals surface area contributed by atoms with Gasteiger partial charge in [0.05, 0.1) is 5.69 Å². The summed E-state index contributed by atoms with van der Waals surface area (Å²) >= 11 is 1.14. The highest BCUT2D eigenvalue weighted by atomic mass is 32.2. The van der Waals surface area contributed by atoms with Gasteiger partial charge in [-0.1, -0.05) is 64.5 Å². The molecule has 0 saturated carbocycles. The summed E-state index contributed by atoms with van der Waals surface area (Å²) in [7, 11) is 1.67. The summed E-state index contributed by atoms with van der Waals surface area (Å²) in [4.78, 5) is 23.0. The number of carbonyl (C=O) groups excluding carboxylic acids is 1. The monoisotopic (exact) mass is 433 g/mol. The van der Waals surface area contributed by atoms with Crippen molar-refractivity contribution in [2.45, 2.75) is 6.92 Å². The van der Waals surface area contributed by atoms with Gasteiger partial charge in [-0.05, 0) is 36.6 Å². The summed E-state index contributed by atoms with van der Waals surface area (Å²) in [5.41, 5.74) is 2.96. The maximum Gasteiger partial charge on any atom is 0.320 e. The van der Waals surface area contributed by atoms with Gasteiger partial charge in [0.25, 0.3) is 12.1 Å². The van der Waals surface area contributed by atoms with Gasteiger partial charge in [0, 0.05) is 5.75 Å². The minimum absolute atomic E-state index is 0.00239. The first-order chi connectivity index (χ1) is 15.0. The van der Waals surface area contributed by atoms with Gasteiger partial charge < -0.3 is 5.11 Å². The lowest BCUT2D eigenvalue weighted by molar-refractivity contribution is -0.739. The fourth-order valence-electron chi connectivity index (χ4n) is 2.96. The Morgan fingerprint density at radius 2 is 2.06 bits per heavy atom. The second-order valence-electron chi connectivity index (χ2n) is 6.82. The molecule has 2 heterocycles. The average Bonchev–Trinajstić information content (AvgIpc) is 3.29. The summed E-state index contributed by atoms with van der Waals surface area (Å²) in [6.07, 6.45) is 3.25. The van der Waals surface area contributed by atoms with Crippen LogP contribution in [0.3, 0.4) is 0 Å². The van der Waals surface area contributed by atoms with Gasteiger partial charge in [-0.3, -0.25) is 14.2 Å². The Balaban J connectivity index is 1.61. The molecule has 0 N–H and O–H groups in total. The molecule has 0 spiro atoms. The Morgan fingerprint density at radius 1 is 1.26 bits per heavy atom. The van der Waals surface area contributed by atoms with E-state index in [0.717, 1.165) is 22.9 Å². The predicted molar refractivity (Wildman–Crippen MR) is 118 cm³/mol. The molecule has 156 valence electrons. The van der Waals surface area contributed by atoms with E-state index in [1.807, 2.05) is 61.5 Å². The molecular formula is C22H19N5O3S. The number of anilines is 1. The summed E-state index contributed by atoms with van der Waals surface area (Å²) in [6.45, 7) is 1.99. The Bertz CT molecular complexity index is 1200. The zero-order valence-corrected chi connectivity index (χ0v) is 17.7. The smallest absolute Gasteiger partial charge is 0.320 e. The van der Waals surface area contributed by atoms with Crippen molar-refractivity contribution in [1.29, 1.82) is 0 Å². The fraction of sp³-hybridized carbons (Fsp3) is 0.136. The zero-order valence-electron chi connectivity index (χ0n) is 16.9. The Labute approximate surface area is 183 Å². The normalized spacial score (nSPS) is 15.6. The zero-order chi connectivity index (χ0) is 21.8. The van der Waals surface area contributed by atoms with Crippen LogP contribution >= 0.6 is 11.8 Å². The van der Waals surface area contributed by atoms with Crippen molar-refractivity contribution in [3.05, 3.63) is 77.6 Å². The molecular weight excluding hydrogens is 414 g/mol. The average molecular weight is 433 g/mol. The largest absolute Gasteiger partial charge is 0.861 e. The molecule has 8 nitrogen and oxygen atoms in total. The van der Waals surface area contributed by atoms with Crippen molar-refractivity contribution < 1.29 is 19.1 Å². The van der Waals surface area contributed by atoms with E-state index in [2.05, 4.69) is 15.3 Å². The molecule has 0 unspecified atom stereocenters. The van der Waals surface area contributed by atoms with Gasteiger partial charge in [0.1, 0.15) is 5.70 Å². The number of aliphatic imine (C=N–C) groups is 2. The number of amides is 1. The molecule has 0 aliphatic carbocycles. The number of amidine groups is 1. The van der Waals surface area contributed by atoms with Crippen LogP contribution in [0.15, 0.2) is 81.0 Å². The van der Waals surface area contributed by atoms with Crippen molar-refractivity contribution in [1.82, 2.24) is 5.27 Å². The molecule has 0 atom stereocenters. The number of hydrogen-bond donors (Lipinski definition) is 0. The number of rotatable bonds is 5. The van der Waals surface area contributed by atoms with E-state index < -0.39 is 5.90 Å². The first-order valence-electron chi connectivity index (χ1n) is 9.46. The molecule has 0 bridgehead atoms. The molecule has 1 aliphatic heterocycles. The third-order valence-corrected chi connectivity index (χ3v) is 5.23. The predicted octanol–water partition coefficient (Wildman–Crippen LogP) is 2.37. The van der Waals surface area contributed by atoms with Crippen molar-refractivity contribution in [2.24, 2.45) is 17.0 Å². The SMILES string of the molecule is Cc1cccc(/C=C2/N=C(SC/C([O-])=N/c3c[n+](C)no3)N(c3ccccc3)C2=O)c1. The minimum atomic E-state index is -0.416. The maximum absolute atomic E-state index is 13.1. The van der Waals surface area contributed by atoms with Crippen molar-refractivity contribution in [3.8, 4) is 0 Å². The topological polar surface area (TPSA) is 98.0 Å². The van der Waals surface area contributed by atoms with Crippen LogP contribution in [0.1, 0.15) is 11.1 Å². The van der Waals surface area contributed by atoms with E-state index in [9.17, 15) is 9.90 Å². The Morgan fingerprint density at radius 3 is 2.77 bits per heavy atom. The van der Waals surface area contributed by atoms with Crippen LogP contribution in [0, 0.1) is 6.92 Å². The van der Waals surface area contributed by atoms with Gasteiger partial charge in [-0.25, -0.2) is 9.98 Å². The molecule has 9 heteroatoms. The quantitative estimate of drug-likeness (QED) is 0.266. The highest BCUT2D eigenvalue weighted by Gasteiger charge is 2.31. The summed E-state index contributed by atoms with van der Waals surface area (Å²) in [5, 5.41) is 16.3. The molecule has 1 amide bonds. The molecule has 0 fully saturated rings. The number of aromatic nitrogens is 2. The molecule has 31 heavy (non-hydrogen) atoms. The number of hydrogen-bond acceptors (Lipinski definition) is 7. The lowest BCUT2D eigenvalue weighted by Gasteiger charge is -2.18. The maximum atomic E-state index is 13.1. The molecule has 1 aliphatic rings. The van der Waals surface area contributed by atoms with Crippen LogP contribution in [-0.4, -0.2) is 28.0 Å². The van der Waals surface area contributed by atoms with Crippen LogP contribution in [0.5, 0.6) is 0 Å². The number of nitrogens with zero attached hydrogens (tertiary/aromatic N) is 5. The lowest BCUT2D eigenvalue weighted by Crippen LogP contribution is -2.31. The van der Waals surface area contributed by atoms with E-state index in [0.29, 0.717) is 16.6 Å². The van der Waals surface area contributed by atoms with Gasteiger partial charge in [0.15, 0.2) is 17.5 Å². The van der Waals surface area contributed by atoms with Crippen LogP contribution in [-0.2, 0) is 11.8 Å². The summed E-state index contributed by atoms with van der Waals surface area (Å²) in [5.74, 6) is -0.544. The van der Waals surface area contributed by atoms with E-state index >= 15 is 0 Å². The molecule has 3 aromatic rings. The first kappa shape index (κ1) is 20.5. The van der Waals surface area contributed by atoms with Crippen molar-refractivity contribution in [2.75, 3.05) is 10.7 Å². The number of thioether (sulfide) groups is 1. The first-order valence-corrected chi connectivity index (χ1v) is 10.4. The van der Waals surface area contributed by atoms with Crippen LogP contribution in [0.25, 0.3) is 6.08 Å². The highest BCUT2D eigenvalue weighted by Crippen LogP contribution is 2.29.